The number of aryl methyl sites for hydroxylation is 2. The van der Waals surface area contributed by atoms with Crippen LogP contribution in [0, 0.1) is 37.5 Å². The summed E-state index contributed by atoms with van der Waals surface area (Å²) in [6, 6.07) is 11.7. The van der Waals surface area contributed by atoms with Crippen molar-refractivity contribution >= 4 is 29.3 Å². The first-order valence-corrected chi connectivity index (χ1v) is 10.8. The fourth-order valence-electron chi connectivity index (χ4n) is 5.23. The Balaban J connectivity index is 1.25. The van der Waals surface area contributed by atoms with Crippen molar-refractivity contribution in [1.82, 2.24) is 0 Å². The molecule has 3 aliphatic rings. The smallest absolute Gasteiger partial charge is 0.338 e. The van der Waals surface area contributed by atoms with Gasteiger partial charge in [0.15, 0.2) is 6.61 Å². The number of fused-ring (bicyclic) bond motifs is 5. The number of allylic oxidation sites excluding steroid dienone is 2. The van der Waals surface area contributed by atoms with E-state index in [-0.39, 0.29) is 53.4 Å². The fourth-order valence-corrected chi connectivity index (χ4v) is 5.23. The van der Waals surface area contributed by atoms with E-state index in [1.54, 1.807) is 18.2 Å². The maximum atomic E-state index is 12.9. The Morgan fingerprint density at radius 2 is 1.56 bits per heavy atom. The monoisotopic (exact) mass is 429 g/mol. The molecule has 5 rings (SSSR count). The number of hydrogen-bond donors (Lipinski definition) is 0. The van der Waals surface area contributed by atoms with Gasteiger partial charge in [0.2, 0.25) is 17.6 Å². The van der Waals surface area contributed by atoms with Crippen molar-refractivity contribution in [3.63, 3.8) is 0 Å². The van der Waals surface area contributed by atoms with E-state index in [0.717, 1.165) is 17.5 Å². The summed E-state index contributed by atoms with van der Waals surface area (Å²) < 4.78 is 5.20. The molecular weight excluding hydrogens is 406 g/mol. The maximum Gasteiger partial charge on any atom is 0.338 e. The lowest BCUT2D eigenvalue weighted by atomic mass is 9.85. The zero-order chi connectivity index (χ0) is 22.6. The van der Waals surface area contributed by atoms with Crippen LogP contribution in [0.4, 0.5) is 5.69 Å². The Kier molecular flexibility index (Phi) is 4.81. The van der Waals surface area contributed by atoms with E-state index >= 15 is 0 Å². The molecule has 2 aromatic carbocycles. The average molecular weight is 429 g/mol. The number of hydrogen-bond acceptors (Lipinski definition) is 5. The summed E-state index contributed by atoms with van der Waals surface area (Å²) in [5.74, 6) is -1.45. The molecule has 0 unspecified atom stereocenters. The molecule has 0 spiro atoms. The highest BCUT2D eigenvalue weighted by molar-refractivity contribution is 6.22. The normalized spacial score (nSPS) is 25.4. The molecule has 2 aromatic rings. The molecule has 2 bridgehead atoms. The van der Waals surface area contributed by atoms with Gasteiger partial charge >= 0.3 is 5.97 Å². The second kappa shape index (κ2) is 7.55. The largest absolute Gasteiger partial charge is 0.454 e. The van der Waals surface area contributed by atoms with Gasteiger partial charge in [0.25, 0.3) is 0 Å². The lowest BCUT2D eigenvalue weighted by Gasteiger charge is -2.17. The Labute approximate surface area is 185 Å². The minimum Gasteiger partial charge on any atom is -0.454 e. The van der Waals surface area contributed by atoms with Crippen molar-refractivity contribution < 1.29 is 23.9 Å². The van der Waals surface area contributed by atoms with Gasteiger partial charge in [-0.2, -0.15) is 0 Å². The number of imide groups is 1. The van der Waals surface area contributed by atoms with Crippen molar-refractivity contribution in [1.29, 1.82) is 0 Å². The van der Waals surface area contributed by atoms with E-state index in [4.69, 9.17) is 4.74 Å². The molecule has 0 aromatic heterocycles. The van der Waals surface area contributed by atoms with Crippen LogP contribution in [0.5, 0.6) is 0 Å². The van der Waals surface area contributed by atoms with Crippen molar-refractivity contribution in [2.24, 2.45) is 23.7 Å². The Morgan fingerprint density at radius 1 is 0.938 bits per heavy atom. The topological polar surface area (TPSA) is 80.8 Å². The van der Waals surface area contributed by atoms with Crippen LogP contribution in [0.25, 0.3) is 0 Å². The molecule has 0 radical (unpaired) electrons. The number of amides is 2. The molecule has 162 valence electrons. The molecule has 2 amide bonds. The molecule has 2 fully saturated rings. The highest BCUT2D eigenvalue weighted by Crippen LogP contribution is 2.53. The van der Waals surface area contributed by atoms with Crippen LogP contribution in [0.2, 0.25) is 0 Å². The van der Waals surface area contributed by atoms with E-state index in [1.807, 2.05) is 26.0 Å². The fraction of sp³-hybridized carbons (Fsp3) is 0.308. The van der Waals surface area contributed by atoms with Crippen molar-refractivity contribution in [2.75, 3.05) is 11.5 Å². The number of esters is 1. The molecule has 1 heterocycles. The number of ether oxygens (including phenoxy) is 1. The van der Waals surface area contributed by atoms with Crippen LogP contribution in [-0.4, -0.2) is 30.2 Å². The summed E-state index contributed by atoms with van der Waals surface area (Å²) in [4.78, 5) is 51.9. The molecule has 6 heteroatoms. The lowest BCUT2D eigenvalue weighted by Crippen LogP contribution is -2.32. The maximum absolute atomic E-state index is 12.9. The van der Waals surface area contributed by atoms with Crippen LogP contribution in [0.1, 0.15) is 38.3 Å². The molecule has 0 N–H and O–H groups in total. The quantitative estimate of drug-likeness (QED) is 0.314. The zero-order valence-electron chi connectivity index (χ0n) is 17.9. The Morgan fingerprint density at radius 3 is 2.19 bits per heavy atom. The molecule has 1 saturated heterocycles. The molecular formula is C26H23NO5. The highest BCUT2D eigenvalue weighted by atomic mass is 16.5. The van der Waals surface area contributed by atoms with Crippen molar-refractivity contribution in [2.45, 2.75) is 20.3 Å². The third kappa shape index (κ3) is 3.18. The van der Waals surface area contributed by atoms with Crippen molar-refractivity contribution in [3.05, 3.63) is 76.9 Å². The van der Waals surface area contributed by atoms with E-state index in [1.165, 1.54) is 17.0 Å². The van der Waals surface area contributed by atoms with Gasteiger partial charge in [-0.15, -0.1) is 0 Å². The zero-order valence-corrected chi connectivity index (χ0v) is 17.9. The van der Waals surface area contributed by atoms with Gasteiger partial charge in [-0.05, 0) is 68.0 Å². The lowest BCUT2D eigenvalue weighted by molar-refractivity contribution is -0.123. The first kappa shape index (κ1) is 20.4. The van der Waals surface area contributed by atoms with Gasteiger partial charge in [0.1, 0.15) is 0 Å². The van der Waals surface area contributed by atoms with Gasteiger partial charge in [0.05, 0.1) is 23.1 Å². The molecule has 2 aliphatic carbocycles. The molecule has 1 saturated carbocycles. The second-order valence-corrected chi connectivity index (χ2v) is 8.88. The van der Waals surface area contributed by atoms with E-state index in [2.05, 4.69) is 12.2 Å². The SMILES string of the molecule is Cc1ccc(C)c(C(=O)COC(=O)c2ccc(N3C(=O)[C@@H]4[C@H](C3=O)[C@H]3C=C[C@H]4C3)cc2)c1. The standard InChI is InChI=1S/C26H23NO5/c1-14-3-4-15(2)20(11-14)21(28)13-32-26(31)16-7-9-19(10-8-16)27-24(29)22-17-5-6-18(12-17)23(22)25(27)30/h3-11,17-18,22-23H,12-13H2,1-2H3/t17-,18-,22-,23+/m0/s1. The predicted molar refractivity (Wildman–Crippen MR) is 117 cm³/mol. The van der Waals surface area contributed by atoms with Gasteiger partial charge in [-0.1, -0.05) is 29.8 Å². The van der Waals surface area contributed by atoms with E-state index in [0.29, 0.717) is 11.3 Å². The average Bonchev–Trinajstić information content (AvgIpc) is 3.47. The molecule has 4 atom stereocenters. The number of ketones is 1. The summed E-state index contributed by atoms with van der Waals surface area (Å²) in [6.45, 7) is 3.38. The minimum atomic E-state index is -0.631. The number of rotatable bonds is 5. The number of carbonyl (C=O) groups excluding carboxylic acids is 4. The first-order chi connectivity index (χ1) is 15.3. The van der Waals surface area contributed by atoms with Crippen molar-refractivity contribution in [3.8, 4) is 0 Å². The summed E-state index contributed by atoms with van der Waals surface area (Å²) in [6.07, 6.45) is 4.99. The minimum absolute atomic E-state index is 0.148. The predicted octanol–water partition coefficient (Wildman–Crippen LogP) is 3.65. The number of benzene rings is 2. The highest BCUT2D eigenvalue weighted by Gasteiger charge is 2.59. The number of carbonyl (C=O) groups is 4. The van der Waals surface area contributed by atoms with Crippen LogP contribution in [-0.2, 0) is 14.3 Å². The van der Waals surface area contributed by atoms with Crippen LogP contribution in [0.3, 0.4) is 0 Å². The van der Waals surface area contributed by atoms with E-state index in [9.17, 15) is 19.2 Å². The van der Waals surface area contributed by atoms with Gasteiger partial charge < -0.3 is 4.74 Å². The third-order valence-electron chi connectivity index (χ3n) is 6.86. The van der Waals surface area contributed by atoms with Crippen LogP contribution >= 0.6 is 0 Å². The summed E-state index contributed by atoms with van der Waals surface area (Å²) >= 11 is 0. The van der Waals surface area contributed by atoms with Crippen LogP contribution in [0.15, 0.2) is 54.6 Å². The summed E-state index contributed by atoms with van der Waals surface area (Å²) in [5, 5.41) is 0. The third-order valence-corrected chi connectivity index (χ3v) is 6.86. The first-order valence-electron chi connectivity index (χ1n) is 10.8. The van der Waals surface area contributed by atoms with Gasteiger partial charge in [-0.25, -0.2) is 4.79 Å². The molecule has 32 heavy (non-hydrogen) atoms. The Bertz CT molecular complexity index is 1150. The summed E-state index contributed by atoms with van der Waals surface area (Å²) in [5.41, 5.74) is 3.03. The number of nitrogens with zero attached hydrogens (tertiary/aromatic N) is 1. The summed E-state index contributed by atoms with van der Waals surface area (Å²) in [7, 11) is 0. The van der Waals surface area contributed by atoms with Gasteiger partial charge in [-0.3, -0.25) is 19.3 Å². The Hall–Kier alpha value is -3.54. The van der Waals surface area contributed by atoms with E-state index < -0.39 is 5.97 Å². The number of anilines is 1. The van der Waals surface area contributed by atoms with Crippen LogP contribution < -0.4 is 4.90 Å². The molecule has 1 aliphatic heterocycles. The van der Waals surface area contributed by atoms with Gasteiger partial charge in [0, 0.05) is 5.56 Å². The number of Topliss-reactive ketones (excluding diaryl/α,β-unsaturated/α-hetero) is 1. The second-order valence-electron chi connectivity index (χ2n) is 8.88. The molecule has 6 nitrogen and oxygen atoms in total.